The molecule has 0 aliphatic carbocycles. The first-order chi connectivity index (χ1) is 7.20. The maximum absolute atomic E-state index is 11.1. The number of carbonyl (C=O) groups excluding carboxylic acids is 1. The third kappa shape index (κ3) is 1.87. The molecule has 1 aliphatic heterocycles. The summed E-state index contributed by atoms with van der Waals surface area (Å²) >= 11 is 0. The van der Waals surface area contributed by atoms with Crippen LogP contribution in [0.4, 0.5) is 0 Å². The van der Waals surface area contributed by atoms with E-state index in [-0.39, 0.29) is 5.75 Å². The van der Waals surface area contributed by atoms with Crippen LogP contribution in [-0.2, 0) is 11.2 Å². The van der Waals surface area contributed by atoms with E-state index in [2.05, 4.69) is 0 Å². The molecule has 1 atom stereocenters. The molecule has 1 aliphatic rings. The molecule has 2 rings (SSSR count). The van der Waals surface area contributed by atoms with E-state index < -0.39 is 12.0 Å². The van der Waals surface area contributed by atoms with Crippen LogP contribution in [0.1, 0.15) is 12.0 Å². The van der Waals surface area contributed by atoms with E-state index in [1.165, 1.54) is 6.07 Å². The van der Waals surface area contributed by atoms with Crippen molar-refractivity contribution in [2.75, 3.05) is 0 Å². The predicted octanol–water partition coefficient (Wildman–Crippen LogP) is 0.591. The van der Waals surface area contributed by atoms with Crippen molar-refractivity contribution in [2.45, 2.75) is 18.9 Å². The SMILES string of the molecule is O=C(NO)C1CCc2ccc(O)cc2O1. The second-order valence-electron chi connectivity index (χ2n) is 3.41. The Hall–Kier alpha value is -1.75. The lowest BCUT2D eigenvalue weighted by molar-refractivity contribution is -0.137. The Balaban J connectivity index is 2.22. The Labute approximate surface area is 86.3 Å². The van der Waals surface area contributed by atoms with Crippen LogP contribution in [0, 0.1) is 0 Å². The van der Waals surface area contributed by atoms with Crippen molar-refractivity contribution in [1.29, 1.82) is 0 Å². The Morgan fingerprint density at radius 3 is 3.07 bits per heavy atom. The third-order valence-corrected chi connectivity index (χ3v) is 2.40. The first-order valence-electron chi connectivity index (χ1n) is 4.63. The summed E-state index contributed by atoms with van der Waals surface area (Å²) in [7, 11) is 0. The van der Waals surface area contributed by atoms with Crippen molar-refractivity contribution in [3.05, 3.63) is 23.8 Å². The lowest BCUT2D eigenvalue weighted by atomic mass is 10.0. The van der Waals surface area contributed by atoms with E-state index in [4.69, 9.17) is 9.94 Å². The van der Waals surface area contributed by atoms with Crippen molar-refractivity contribution < 1.29 is 19.8 Å². The Morgan fingerprint density at radius 2 is 2.33 bits per heavy atom. The number of hydrogen-bond donors (Lipinski definition) is 3. The number of hydroxylamine groups is 1. The molecule has 1 heterocycles. The summed E-state index contributed by atoms with van der Waals surface area (Å²) in [5, 5.41) is 17.7. The molecular weight excluding hydrogens is 198 g/mol. The van der Waals surface area contributed by atoms with Crippen molar-refractivity contribution >= 4 is 5.91 Å². The van der Waals surface area contributed by atoms with Crippen LogP contribution >= 0.6 is 0 Å². The van der Waals surface area contributed by atoms with Crippen LogP contribution in [0.25, 0.3) is 0 Å². The summed E-state index contributed by atoms with van der Waals surface area (Å²) in [5.41, 5.74) is 2.51. The molecule has 0 bridgehead atoms. The van der Waals surface area contributed by atoms with Gasteiger partial charge in [0.25, 0.3) is 5.91 Å². The summed E-state index contributed by atoms with van der Waals surface area (Å²) in [6.07, 6.45) is 0.516. The van der Waals surface area contributed by atoms with Crippen molar-refractivity contribution in [1.82, 2.24) is 5.48 Å². The van der Waals surface area contributed by atoms with Crippen LogP contribution in [0.15, 0.2) is 18.2 Å². The minimum Gasteiger partial charge on any atom is -0.508 e. The van der Waals surface area contributed by atoms with Gasteiger partial charge in [0.15, 0.2) is 6.10 Å². The largest absolute Gasteiger partial charge is 0.508 e. The summed E-state index contributed by atoms with van der Waals surface area (Å²) in [6, 6.07) is 4.80. The molecule has 0 radical (unpaired) electrons. The highest BCUT2D eigenvalue weighted by molar-refractivity contribution is 5.80. The normalized spacial score (nSPS) is 18.9. The Morgan fingerprint density at radius 1 is 1.53 bits per heavy atom. The van der Waals surface area contributed by atoms with Gasteiger partial charge in [-0.25, -0.2) is 5.48 Å². The quantitative estimate of drug-likeness (QED) is 0.467. The number of nitrogens with one attached hydrogen (secondary N) is 1. The molecule has 5 heteroatoms. The summed E-state index contributed by atoms with van der Waals surface area (Å²) < 4.78 is 5.33. The molecule has 0 spiro atoms. The molecule has 0 aromatic heterocycles. The Kier molecular flexibility index (Phi) is 2.47. The topological polar surface area (TPSA) is 78.8 Å². The van der Waals surface area contributed by atoms with E-state index in [0.717, 1.165) is 5.56 Å². The average molecular weight is 209 g/mol. The molecule has 1 aromatic carbocycles. The van der Waals surface area contributed by atoms with E-state index in [1.54, 1.807) is 17.6 Å². The van der Waals surface area contributed by atoms with Crippen LogP contribution < -0.4 is 10.2 Å². The number of ether oxygens (including phenoxy) is 1. The van der Waals surface area contributed by atoms with Gasteiger partial charge in [0.1, 0.15) is 11.5 Å². The van der Waals surface area contributed by atoms with Gasteiger partial charge in [-0.15, -0.1) is 0 Å². The van der Waals surface area contributed by atoms with Crippen molar-refractivity contribution in [2.24, 2.45) is 0 Å². The van der Waals surface area contributed by atoms with Crippen molar-refractivity contribution in [3.8, 4) is 11.5 Å². The molecule has 1 amide bonds. The zero-order valence-electron chi connectivity index (χ0n) is 7.93. The number of carbonyl (C=O) groups is 1. The molecule has 80 valence electrons. The lowest BCUT2D eigenvalue weighted by Crippen LogP contribution is -2.38. The maximum Gasteiger partial charge on any atom is 0.284 e. The summed E-state index contributed by atoms with van der Waals surface area (Å²) in [6.45, 7) is 0. The van der Waals surface area contributed by atoms with Gasteiger partial charge in [-0.3, -0.25) is 10.0 Å². The minimum absolute atomic E-state index is 0.0961. The standard InChI is InChI=1S/C10H11NO4/c12-7-3-1-6-2-4-8(10(13)11-14)15-9(6)5-7/h1,3,5,8,12,14H,2,4H2,(H,11,13). The monoisotopic (exact) mass is 209 g/mol. The van der Waals surface area contributed by atoms with Gasteiger partial charge in [0.2, 0.25) is 0 Å². The molecule has 3 N–H and O–H groups in total. The van der Waals surface area contributed by atoms with Gasteiger partial charge in [0.05, 0.1) is 0 Å². The van der Waals surface area contributed by atoms with E-state index in [9.17, 15) is 9.90 Å². The van der Waals surface area contributed by atoms with Gasteiger partial charge >= 0.3 is 0 Å². The summed E-state index contributed by atoms with van der Waals surface area (Å²) in [5.74, 6) is 0.0256. The van der Waals surface area contributed by atoms with Crippen LogP contribution in [-0.4, -0.2) is 22.3 Å². The number of phenolic OH excluding ortho intramolecular Hbond substituents is 1. The van der Waals surface area contributed by atoms with E-state index in [0.29, 0.717) is 18.6 Å². The molecule has 15 heavy (non-hydrogen) atoms. The molecular formula is C10H11NO4. The second kappa shape index (κ2) is 3.78. The molecule has 0 saturated heterocycles. The average Bonchev–Trinajstić information content (AvgIpc) is 2.27. The lowest BCUT2D eigenvalue weighted by Gasteiger charge is -2.24. The predicted molar refractivity (Wildman–Crippen MR) is 50.8 cm³/mol. The molecule has 0 fully saturated rings. The molecule has 1 aromatic rings. The van der Waals surface area contributed by atoms with Gasteiger partial charge in [-0.1, -0.05) is 6.07 Å². The highest BCUT2D eigenvalue weighted by atomic mass is 16.5. The molecule has 1 unspecified atom stereocenters. The number of hydrogen-bond acceptors (Lipinski definition) is 4. The minimum atomic E-state index is -0.690. The smallest absolute Gasteiger partial charge is 0.284 e. The van der Waals surface area contributed by atoms with E-state index in [1.807, 2.05) is 0 Å². The number of aryl methyl sites for hydroxylation is 1. The van der Waals surface area contributed by atoms with Gasteiger partial charge < -0.3 is 9.84 Å². The zero-order chi connectivity index (χ0) is 10.8. The van der Waals surface area contributed by atoms with Crippen LogP contribution in [0.2, 0.25) is 0 Å². The maximum atomic E-state index is 11.1. The third-order valence-electron chi connectivity index (χ3n) is 2.40. The number of rotatable bonds is 1. The van der Waals surface area contributed by atoms with Gasteiger partial charge in [0, 0.05) is 6.07 Å². The number of aromatic hydroxyl groups is 1. The molecule has 5 nitrogen and oxygen atoms in total. The first-order valence-corrected chi connectivity index (χ1v) is 4.63. The zero-order valence-corrected chi connectivity index (χ0v) is 7.93. The number of fused-ring (bicyclic) bond motifs is 1. The van der Waals surface area contributed by atoms with Gasteiger partial charge in [-0.05, 0) is 24.5 Å². The van der Waals surface area contributed by atoms with Crippen LogP contribution in [0.5, 0.6) is 11.5 Å². The van der Waals surface area contributed by atoms with Crippen LogP contribution in [0.3, 0.4) is 0 Å². The molecule has 0 saturated carbocycles. The Bertz CT molecular complexity index is 391. The number of benzene rings is 1. The highest BCUT2D eigenvalue weighted by Gasteiger charge is 2.25. The number of phenols is 1. The highest BCUT2D eigenvalue weighted by Crippen LogP contribution is 2.30. The fourth-order valence-electron chi connectivity index (χ4n) is 1.61. The van der Waals surface area contributed by atoms with E-state index >= 15 is 0 Å². The summed E-state index contributed by atoms with van der Waals surface area (Å²) in [4.78, 5) is 11.1. The second-order valence-corrected chi connectivity index (χ2v) is 3.41. The van der Waals surface area contributed by atoms with Gasteiger partial charge in [-0.2, -0.15) is 0 Å². The fourth-order valence-corrected chi connectivity index (χ4v) is 1.61. The first kappa shape index (κ1) is 9.79. The van der Waals surface area contributed by atoms with Crippen molar-refractivity contribution in [3.63, 3.8) is 0 Å². The number of amides is 1. The fraction of sp³-hybridized carbons (Fsp3) is 0.300.